The van der Waals surface area contributed by atoms with Gasteiger partial charge in [-0.05, 0) is 46.5 Å². The SMILES string of the molecule is Cc1ccc(-c2ccc(N)c(F)c2)c2ccccc12. The van der Waals surface area contributed by atoms with Crippen LogP contribution < -0.4 is 5.73 Å². The van der Waals surface area contributed by atoms with Crippen molar-refractivity contribution in [3.63, 3.8) is 0 Å². The Bertz CT molecular complexity index is 762. The van der Waals surface area contributed by atoms with Crippen molar-refractivity contribution in [1.29, 1.82) is 0 Å². The van der Waals surface area contributed by atoms with Crippen molar-refractivity contribution < 1.29 is 4.39 Å². The maximum atomic E-state index is 13.6. The van der Waals surface area contributed by atoms with E-state index in [1.54, 1.807) is 6.07 Å². The molecule has 1 nitrogen and oxygen atoms in total. The summed E-state index contributed by atoms with van der Waals surface area (Å²) >= 11 is 0. The number of hydrogen-bond acceptors (Lipinski definition) is 1. The van der Waals surface area contributed by atoms with Gasteiger partial charge in [-0.15, -0.1) is 0 Å². The van der Waals surface area contributed by atoms with Crippen molar-refractivity contribution in [2.75, 3.05) is 5.73 Å². The molecule has 3 aromatic rings. The van der Waals surface area contributed by atoms with Crippen LogP contribution in [0.4, 0.5) is 10.1 Å². The largest absolute Gasteiger partial charge is 0.396 e. The highest BCUT2D eigenvalue weighted by Crippen LogP contribution is 2.31. The summed E-state index contributed by atoms with van der Waals surface area (Å²) in [4.78, 5) is 0. The highest BCUT2D eigenvalue weighted by Gasteiger charge is 2.07. The predicted molar refractivity (Wildman–Crippen MR) is 78.5 cm³/mol. The molecule has 0 aliphatic heterocycles. The Kier molecular flexibility index (Phi) is 2.71. The fourth-order valence-corrected chi connectivity index (χ4v) is 2.40. The van der Waals surface area contributed by atoms with Gasteiger partial charge in [-0.1, -0.05) is 42.5 Å². The smallest absolute Gasteiger partial charge is 0.146 e. The van der Waals surface area contributed by atoms with Gasteiger partial charge in [-0.2, -0.15) is 0 Å². The van der Waals surface area contributed by atoms with E-state index in [0.717, 1.165) is 16.5 Å². The fourth-order valence-electron chi connectivity index (χ4n) is 2.40. The van der Waals surface area contributed by atoms with E-state index in [-0.39, 0.29) is 11.5 Å². The Morgan fingerprint density at radius 3 is 2.37 bits per heavy atom. The molecule has 2 heteroatoms. The maximum Gasteiger partial charge on any atom is 0.146 e. The molecule has 0 aliphatic rings. The normalized spacial score (nSPS) is 10.8. The average Bonchev–Trinajstić information content (AvgIpc) is 2.43. The number of rotatable bonds is 1. The number of hydrogen-bond donors (Lipinski definition) is 1. The molecule has 0 bridgehead atoms. The summed E-state index contributed by atoms with van der Waals surface area (Å²) in [5.74, 6) is -0.373. The zero-order valence-corrected chi connectivity index (χ0v) is 10.7. The molecule has 0 aliphatic carbocycles. The summed E-state index contributed by atoms with van der Waals surface area (Å²) in [5.41, 5.74) is 8.80. The van der Waals surface area contributed by atoms with E-state index >= 15 is 0 Å². The summed E-state index contributed by atoms with van der Waals surface area (Å²) in [6.45, 7) is 2.08. The number of aryl methyl sites for hydroxylation is 1. The first-order chi connectivity index (χ1) is 9.16. The molecule has 0 atom stereocenters. The standard InChI is InChI=1S/C17H14FN/c1-11-6-8-14(15-5-3-2-4-13(11)15)12-7-9-17(19)16(18)10-12/h2-10H,19H2,1H3. The second-order valence-electron chi connectivity index (χ2n) is 4.71. The molecule has 3 aromatic carbocycles. The Morgan fingerprint density at radius 2 is 1.63 bits per heavy atom. The lowest BCUT2D eigenvalue weighted by Gasteiger charge is -2.10. The molecular formula is C17H14FN. The number of halogens is 1. The minimum Gasteiger partial charge on any atom is -0.396 e. The summed E-state index contributed by atoms with van der Waals surface area (Å²) in [5, 5.41) is 2.32. The maximum absolute atomic E-state index is 13.6. The Balaban J connectivity index is 2.31. The van der Waals surface area contributed by atoms with Crippen molar-refractivity contribution in [3.05, 3.63) is 66.0 Å². The molecular weight excluding hydrogens is 237 g/mol. The molecule has 0 amide bonds. The molecule has 3 rings (SSSR count). The average molecular weight is 251 g/mol. The molecule has 0 saturated carbocycles. The molecule has 0 saturated heterocycles. The molecule has 0 unspecified atom stereocenters. The van der Waals surface area contributed by atoms with Gasteiger partial charge in [0.15, 0.2) is 0 Å². The van der Waals surface area contributed by atoms with Gasteiger partial charge in [-0.25, -0.2) is 4.39 Å². The van der Waals surface area contributed by atoms with Crippen LogP contribution in [0.3, 0.4) is 0 Å². The van der Waals surface area contributed by atoms with E-state index in [0.29, 0.717) is 0 Å². The summed E-state index contributed by atoms with van der Waals surface area (Å²) in [6.07, 6.45) is 0. The second-order valence-corrected chi connectivity index (χ2v) is 4.71. The van der Waals surface area contributed by atoms with Gasteiger partial charge in [-0.3, -0.25) is 0 Å². The summed E-state index contributed by atoms with van der Waals surface area (Å²) < 4.78 is 13.6. The van der Waals surface area contributed by atoms with E-state index in [2.05, 4.69) is 25.1 Å². The Morgan fingerprint density at radius 1 is 0.895 bits per heavy atom. The third-order valence-corrected chi connectivity index (χ3v) is 3.45. The van der Waals surface area contributed by atoms with Crippen LogP contribution in [0.2, 0.25) is 0 Å². The first-order valence-corrected chi connectivity index (χ1v) is 6.20. The van der Waals surface area contributed by atoms with Gasteiger partial charge in [0, 0.05) is 0 Å². The highest BCUT2D eigenvalue weighted by molar-refractivity contribution is 5.98. The number of nitrogen functional groups attached to an aromatic ring is 1. The summed E-state index contributed by atoms with van der Waals surface area (Å²) in [6, 6.07) is 17.2. The van der Waals surface area contributed by atoms with Crippen LogP contribution in [0.5, 0.6) is 0 Å². The first-order valence-electron chi connectivity index (χ1n) is 6.20. The van der Waals surface area contributed by atoms with E-state index in [9.17, 15) is 4.39 Å². The van der Waals surface area contributed by atoms with Gasteiger partial charge in [0.2, 0.25) is 0 Å². The minimum absolute atomic E-state index is 0.181. The van der Waals surface area contributed by atoms with Crippen molar-refractivity contribution in [3.8, 4) is 11.1 Å². The van der Waals surface area contributed by atoms with Gasteiger partial charge >= 0.3 is 0 Å². The Hall–Kier alpha value is -2.35. The van der Waals surface area contributed by atoms with Crippen LogP contribution in [0.25, 0.3) is 21.9 Å². The predicted octanol–water partition coefficient (Wildman–Crippen LogP) is 4.54. The van der Waals surface area contributed by atoms with Crippen molar-refractivity contribution in [2.45, 2.75) is 6.92 Å². The lowest BCUT2D eigenvalue weighted by molar-refractivity contribution is 0.633. The molecule has 0 radical (unpaired) electrons. The van der Waals surface area contributed by atoms with E-state index in [4.69, 9.17) is 5.73 Å². The second kappa shape index (κ2) is 4.39. The van der Waals surface area contributed by atoms with Crippen LogP contribution in [-0.2, 0) is 0 Å². The van der Waals surface area contributed by atoms with E-state index < -0.39 is 0 Å². The number of benzene rings is 3. The lowest BCUT2D eigenvalue weighted by Crippen LogP contribution is -1.91. The monoisotopic (exact) mass is 251 g/mol. The third kappa shape index (κ3) is 1.95. The zero-order valence-electron chi connectivity index (χ0n) is 10.7. The van der Waals surface area contributed by atoms with E-state index in [1.165, 1.54) is 17.0 Å². The van der Waals surface area contributed by atoms with Gasteiger partial charge < -0.3 is 5.73 Å². The third-order valence-electron chi connectivity index (χ3n) is 3.45. The van der Waals surface area contributed by atoms with Gasteiger partial charge in [0.1, 0.15) is 5.82 Å². The number of fused-ring (bicyclic) bond motifs is 1. The van der Waals surface area contributed by atoms with Crippen LogP contribution in [-0.4, -0.2) is 0 Å². The lowest BCUT2D eigenvalue weighted by atomic mass is 9.95. The van der Waals surface area contributed by atoms with Gasteiger partial charge in [0.25, 0.3) is 0 Å². The number of nitrogens with two attached hydrogens (primary N) is 1. The minimum atomic E-state index is -0.373. The molecule has 0 heterocycles. The van der Waals surface area contributed by atoms with E-state index in [1.807, 2.05) is 24.3 Å². The van der Waals surface area contributed by atoms with Crippen molar-refractivity contribution in [2.24, 2.45) is 0 Å². The fraction of sp³-hybridized carbons (Fsp3) is 0.0588. The zero-order chi connectivity index (χ0) is 13.4. The summed E-state index contributed by atoms with van der Waals surface area (Å²) in [7, 11) is 0. The van der Waals surface area contributed by atoms with Crippen molar-refractivity contribution >= 4 is 16.5 Å². The van der Waals surface area contributed by atoms with Crippen LogP contribution in [0.15, 0.2) is 54.6 Å². The topological polar surface area (TPSA) is 26.0 Å². The van der Waals surface area contributed by atoms with Crippen LogP contribution in [0, 0.1) is 12.7 Å². The molecule has 0 spiro atoms. The number of anilines is 1. The Labute approximate surface area is 111 Å². The molecule has 94 valence electrons. The van der Waals surface area contributed by atoms with Crippen LogP contribution in [0.1, 0.15) is 5.56 Å². The molecule has 0 aromatic heterocycles. The molecule has 2 N–H and O–H groups in total. The van der Waals surface area contributed by atoms with Gasteiger partial charge in [0.05, 0.1) is 5.69 Å². The molecule has 0 fully saturated rings. The van der Waals surface area contributed by atoms with Crippen molar-refractivity contribution in [1.82, 2.24) is 0 Å². The quantitative estimate of drug-likeness (QED) is 0.631. The van der Waals surface area contributed by atoms with Crippen LogP contribution >= 0.6 is 0 Å². The molecule has 19 heavy (non-hydrogen) atoms. The highest BCUT2D eigenvalue weighted by atomic mass is 19.1. The first kappa shape index (κ1) is 11.7.